The second-order valence-electron chi connectivity index (χ2n) is 4.82. The molecule has 1 aliphatic heterocycles. The van der Waals surface area contributed by atoms with Gasteiger partial charge in [0.15, 0.2) is 22.5 Å². The van der Waals surface area contributed by atoms with E-state index >= 15 is 0 Å². The van der Waals surface area contributed by atoms with Gasteiger partial charge in [0, 0.05) is 20.0 Å². The number of halogens is 1. The zero-order valence-electron chi connectivity index (χ0n) is 12.2. The average Bonchev–Trinajstić information content (AvgIpc) is 2.77. The van der Waals surface area contributed by atoms with Crippen LogP contribution in [0.1, 0.15) is 12.0 Å². The number of hydrogen-bond donors (Lipinski definition) is 2. The lowest BCUT2D eigenvalue weighted by Crippen LogP contribution is -2.06. The second-order valence-corrected chi connectivity index (χ2v) is 5.18. The summed E-state index contributed by atoms with van der Waals surface area (Å²) in [5.74, 6) is 2.24. The van der Waals surface area contributed by atoms with Gasteiger partial charge in [0.05, 0.1) is 13.2 Å². The fraction of sp³-hybridized carbons (Fsp3) is 0.333. The molecular formula is C15H17ClN4O2. The lowest BCUT2D eigenvalue weighted by molar-refractivity contribution is 0.297. The van der Waals surface area contributed by atoms with Crippen molar-refractivity contribution in [2.45, 2.75) is 13.0 Å². The fourth-order valence-electron chi connectivity index (χ4n) is 2.22. The number of nitrogens with zero attached hydrogens (tertiary/aromatic N) is 2. The topological polar surface area (TPSA) is 68.3 Å². The summed E-state index contributed by atoms with van der Waals surface area (Å²) < 4.78 is 11.3. The molecule has 22 heavy (non-hydrogen) atoms. The van der Waals surface area contributed by atoms with E-state index in [1.165, 1.54) is 6.33 Å². The highest BCUT2D eigenvalue weighted by Crippen LogP contribution is 2.31. The molecule has 1 aliphatic rings. The number of anilines is 2. The lowest BCUT2D eigenvalue weighted by atomic mass is 10.2. The number of hydrogen-bond acceptors (Lipinski definition) is 6. The predicted molar refractivity (Wildman–Crippen MR) is 86.0 cm³/mol. The van der Waals surface area contributed by atoms with Gasteiger partial charge in [0.1, 0.15) is 12.0 Å². The summed E-state index contributed by atoms with van der Waals surface area (Å²) in [6.45, 7) is 1.96. The molecule has 0 saturated carbocycles. The molecule has 116 valence electrons. The van der Waals surface area contributed by atoms with E-state index in [1.807, 2.05) is 18.2 Å². The lowest BCUT2D eigenvalue weighted by Gasteiger charge is -2.13. The van der Waals surface area contributed by atoms with E-state index in [0.29, 0.717) is 36.4 Å². The summed E-state index contributed by atoms with van der Waals surface area (Å²) in [5.41, 5.74) is 1.75. The molecule has 2 aromatic rings. The third kappa shape index (κ3) is 3.17. The molecule has 2 N–H and O–H groups in total. The van der Waals surface area contributed by atoms with Crippen molar-refractivity contribution in [2.75, 3.05) is 30.9 Å². The zero-order chi connectivity index (χ0) is 15.4. The first-order valence-electron chi connectivity index (χ1n) is 7.08. The Morgan fingerprint density at radius 3 is 2.82 bits per heavy atom. The molecule has 0 bridgehead atoms. The minimum atomic E-state index is 0.388. The number of benzene rings is 1. The molecule has 0 spiro atoms. The molecule has 6 nitrogen and oxygen atoms in total. The van der Waals surface area contributed by atoms with Crippen molar-refractivity contribution in [3.63, 3.8) is 0 Å². The van der Waals surface area contributed by atoms with E-state index in [0.717, 1.165) is 23.5 Å². The van der Waals surface area contributed by atoms with E-state index in [-0.39, 0.29) is 0 Å². The van der Waals surface area contributed by atoms with E-state index in [1.54, 1.807) is 7.05 Å². The maximum atomic E-state index is 6.03. The first-order valence-corrected chi connectivity index (χ1v) is 7.46. The van der Waals surface area contributed by atoms with Crippen LogP contribution >= 0.6 is 11.6 Å². The largest absolute Gasteiger partial charge is 0.490 e. The fourth-order valence-corrected chi connectivity index (χ4v) is 2.45. The van der Waals surface area contributed by atoms with Gasteiger partial charge in [-0.05, 0) is 17.7 Å². The maximum absolute atomic E-state index is 6.03. The van der Waals surface area contributed by atoms with Gasteiger partial charge in [-0.3, -0.25) is 0 Å². The standard InChI is InChI=1S/C15H17ClN4O2/c1-17-13-14(16)19-9-20-15(13)18-8-10-3-4-11-12(7-10)22-6-2-5-21-11/h3-4,7,9,17H,2,5-6,8H2,1H3,(H,18,19,20). The van der Waals surface area contributed by atoms with Crippen LogP contribution in [0.2, 0.25) is 5.15 Å². The van der Waals surface area contributed by atoms with Crippen LogP contribution in [-0.2, 0) is 6.54 Å². The maximum Gasteiger partial charge on any atom is 0.161 e. The quantitative estimate of drug-likeness (QED) is 0.844. The molecule has 0 unspecified atom stereocenters. The van der Waals surface area contributed by atoms with E-state index < -0.39 is 0 Å². The summed E-state index contributed by atoms with van der Waals surface area (Å²) in [6, 6.07) is 5.92. The third-order valence-corrected chi connectivity index (χ3v) is 3.61. The minimum Gasteiger partial charge on any atom is -0.490 e. The Kier molecular flexibility index (Phi) is 4.48. The summed E-state index contributed by atoms with van der Waals surface area (Å²) in [7, 11) is 1.78. The Morgan fingerprint density at radius 2 is 2.00 bits per heavy atom. The van der Waals surface area contributed by atoms with Crippen LogP contribution in [0.3, 0.4) is 0 Å². The van der Waals surface area contributed by atoms with Crippen molar-refractivity contribution in [1.29, 1.82) is 0 Å². The molecule has 0 fully saturated rings. The number of aromatic nitrogens is 2. The molecule has 1 aromatic carbocycles. The Labute approximate surface area is 133 Å². The first-order chi connectivity index (χ1) is 10.8. The summed E-state index contributed by atoms with van der Waals surface area (Å²) in [4.78, 5) is 8.15. The van der Waals surface area contributed by atoms with Crippen molar-refractivity contribution < 1.29 is 9.47 Å². The second kappa shape index (κ2) is 6.70. The predicted octanol–water partition coefficient (Wildman–Crippen LogP) is 2.95. The van der Waals surface area contributed by atoms with Gasteiger partial charge in [-0.1, -0.05) is 17.7 Å². The van der Waals surface area contributed by atoms with Crippen molar-refractivity contribution >= 4 is 23.1 Å². The van der Waals surface area contributed by atoms with Crippen molar-refractivity contribution in [3.8, 4) is 11.5 Å². The molecule has 1 aromatic heterocycles. The van der Waals surface area contributed by atoms with Crippen LogP contribution in [0, 0.1) is 0 Å². The van der Waals surface area contributed by atoms with Gasteiger partial charge in [-0.25, -0.2) is 9.97 Å². The van der Waals surface area contributed by atoms with Crippen LogP contribution in [0.25, 0.3) is 0 Å². The van der Waals surface area contributed by atoms with Gasteiger partial charge in [0.25, 0.3) is 0 Å². The molecule has 7 heteroatoms. The number of fused-ring (bicyclic) bond motifs is 1. The van der Waals surface area contributed by atoms with Crippen molar-refractivity contribution in [3.05, 3.63) is 35.2 Å². The van der Waals surface area contributed by atoms with Gasteiger partial charge >= 0.3 is 0 Å². The highest BCUT2D eigenvalue weighted by atomic mass is 35.5. The smallest absolute Gasteiger partial charge is 0.161 e. The van der Waals surface area contributed by atoms with E-state index in [4.69, 9.17) is 21.1 Å². The van der Waals surface area contributed by atoms with Crippen LogP contribution in [0.4, 0.5) is 11.5 Å². The molecule has 0 atom stereocenters. The van der Waals surface area contributed by atoms with Gasteiger partial charge in [-0.15, -0.1) is 0 Å². The average molecular weight is 321 g/mol. The molecule has 0 amide bonds. The molecule has 0 aliphatic carbocycles. The number of nitrogens with one attached hydrogen (secondary N) is 2. The summed E-state index contributed by atoms with van der Waals surface area (Å²) in [5, 5.41) is 6.63. The minimum absolute atomic E-state index is 0.388. The Morgan fingerprint density at radius 1 is 1.18 bits per heavy atom. The molecule has 3 rings (SSSR count). The van der Waals surface area contributed by atoms with Gasteiger partial charge < -0.3 is 20.1 Å². The van der Waals surface area contributed by atoms with Gasteiger partial charge in [0.2, 0.25) is 0 Å². The van der Waals surface area contributed by atoms with E-state index in [2.05, 4.69) is 20.6 Å². The summed E-state index contributed by atoms with van der Waals surface area (Å²) in [6.07, 6.45) is 2.33. The molecule has 2 heterocycles. The van der Waals surface area contributed by atoms with Crippen LogP contribution in [0.5, 0.6) is 11.5 Å². The van der Waals surface area contributed by atoms with Crippen LogP contribution in [0.15, 0.2) is 24.5 Å². The Bertz CT molecular complexity index is 666. The molecule has 0 saturated heterocycles. The van der Waals surface area contributed by atoms with E-state index in [9.17, 15) is 0 Å². The van der Waals surface area contributed by atoms with Crippen molar-refractivity contribution in [1.82, 2.24) is 9.97 Å². The van der Waals surface area contributed by atoms with Crippen molar-refractivity contribution in [2.24, 2.45) is 0 Å². The SMILES string of the molecule is CNc1c(Cl)ncnc1NCc1ccc2c(c1)OCCCO2. The number of ether oxygens (including phenoxy) is 2. The first kappa shape index (κ1) is 14.7. The zero-order valence-corrected chi connectivity index (χ0v) is 13.0. The van der Waals surface area contributed by atoms with Crippen LogP contribution < -0.4 is 20.1 Å². The monoisotopic (exact) mass is 320 g/mol. The Balaban J connectivity index is 1.74. The Hall–Kier alpha value is -2.21. The van der Waals surface area contributed by atoms with Crippen LogP contribution in [-0.4, -0.2) is 30.2 Å². The summed E-state index contributed by atoms with van der Waals surface area (Å²) >= 11 is 6.03. The highest BCUT2D eigenvalue weighted by Gasteiger charge is 2.12. The molecule has 0 radical (unpaired) electrons. The number of rotatable bonds is 4. The third-order valence-electron chi connectivity index (χ3n) is 3.32. The normalized spacial score (nSPS) is 13.4. The van der Waals surface area contributed by atoms with Gasteiger partial charge in [-0.2, -0.15) is 0 Å². The molecular weight excluding hydrogens is 304 g/mol. The highest BCUT2D eigenvalue weighted by molar-refractivity contribution is 6.32.